The van der Waals surface area contributed by atoms with Crippen LogP contribution in [0.15, 0.2) is 17.1 Å². The van der Waals surface area contributed by atoms with Crippen LogP contribution in [0.25, 0.3) is 0 Å². The highest BCUT2D eigenvalue weighted by molar-refractivity contribution is 7.58. The minimum Gasteiger partial charge on any atom is -0.790 e. The molecule has 0 bridgehead atoms. The van der Waals surface area contributed by atoms with Gasteiger partial charge < -0.3 is 39.3 Å². The Balaban J connectivity index is 2.00. The van der Waals surface area contributed by atoms with Crippen LogP contribution >= 0.6 is 15.6 Å². The molecule has 0 spiro atoms. The summed E-state index contributed by atoms with van der Waals surface area (Å²) in [6.07, 6.45) is -2.23. The van der Waals surface area contributed by atoms with Gasteiger partial charge in [0.25, 0.3) is 7.82 Å². The van der Waals surface area contributed by atoms with Crippen LogP contribution in [0.3, 0.4) is 0 Å². The minimum absolute atomic E-state index is 0.0150. The second kappa shape index (κ2) is 7.00. The van der Waals surface area contributed by atoms with Gasteiger partial charge in [0.1, 0.15) is 18.1 Å². The molecule has 2 rings (SSSR count). The Morgan fingerprint density at radius 3 is 2.71 bits per heavy atom. The molecule has 136 valence electrons. The Hall–Kier alpha value is -1.14. The average molecular weight is 384 g/mol. The van der Waals surface area contributed by atoms with Crippen molar-refractivity contribution >= 4 is 21.5 Å². The topological polar surface area (TPSA) is 212 Å². The van der Waals surface area contributed by atoms with E-state index in [1.807, 2.05) is 0 Å². The summed E-state index contributed by atoms with van der Waals surface area (Å²) in [5.74, 6) is -0.0150. The van der Waals surface area contributed by atoms with Gasteiger partial charge in [-0.1, -0.05) is 0 Å². The summed E-state index contributed by atoms with van der Waals surface area (Å²) in [6, 6.07) is 1.32. The Morgan fingerprint density at radius 1 is 1.46 bits per heavy atom. The van der Waals surface area contributed by atoms with E-state index in [4.69, 9.17) is 10.5 Å². The first-order valence-corrected chi connectivity index (χ1v) is 9.26. The summed E-state index contributed by atoms with van der Waals surface area (Å²) in [5.41, 5.74) is 4.59. The molecule has 3 N–H and O–H groups in total. The van der Waals surface area contributed by atoms with Crippen molar-refractivity contribution in [1.29, 1.82) is 0 Å². The van der Waals surface area contributed by atoms with Gasteiger partial charge in [-0.15, -0.1) is 0 Å². The third-order valence-electron chi connectivity index (χ3n) is 2.96. The fourth-order valence-corrected chi connectivity index (χ4v) is 3.49. The van der Waals surface area contributed by atoms with Gasteiger partial charge in [0.2, 0.25) is 0 Å². The maximum absolute atomic E-state index is 11.7. The normalized spacial score (nSPS) is 27.1. The molecular weight excluding hydrogens is 372 g/mol. The van der Waals surface area contributed by atoms with Crippen molar-refractivity contribution in [2.45, 2.75) is 24.9 Å². The summed E-state index contributed by atoms with van der Waals surface area (Å²) in [5, 5.41) is 9.82. The summed E-state index contributed by atoms with van der Waals surface area (Å²) in [6.45, 7) is -0.824. The number of phosphoric ester groups is 1. The Kier molecular flexibility index (Phi) is 5.60. The lowest BCUT2D eigenvalue weighted by atomic mass is 10.2. The van der Waals surface area contributed by atoms with Crippen LogP contribution in [-0.4, -0.2) is 33.5 Å². The molecule has 1 fully saturated rings. The molecule has 0 saturated carbocycles. The van der Waals surface area contributed by atoms with Gasteiger partial charge >= 0.3 is 5.69 Å². The zero-order valence-electron chi connectivity index (χ0n) is 11.8. The molecule has 1 aliphatic rings. The second-order valence-electron chi connectivity index (χ2n) is 4.75. The van der Waals surface area contributed by atoms with E-state index in [1.165, 1.54) is 12.3 Å². The van der Waals surface area contributed by atoms with E-state index in [0.717, 1.165) is 4.57 Å². The average Bonchev–Trinajstić information content (AvgIpc) is 2.75. The molecule has 0 aliphatic carbocycles. The largest absolute Gasteiger partial charge is 0.790 e. The molecule has 1 aliphatic heterocycles. The van der Waals surface area contributed by atoms with Crippen LogP contribution in [0.1, 0.15) is 12.6 Å². The van der Waals surface area contributed by atoms with Gasteiger partial charge in [-0.25, -0.2) is 4.79 Å². The first kappa shape index (κ1) is 19.2. The molecule has 1 aromatic rings. The second-order valence-corrected chi connectivity index (χ2v) is 7.45. The number of rotatable bonds is 6. The monoisotopic (exact) mass is 384 g/mol. The molecule has 0 aromatic carbocycles. The molecule has 1 saturated heterocycles. The lowest BCUT2D eigenvalue weighted by Crippen LogP contribution is -2.29. The zero-order chi connectivity index (χ0) is 18.1. The van der Waals surface area contributed by atoms with E-state index in [-0.39, 0.29) is 12.2 Å². The fraction of sp³-hybridized carbons (Fsp3) is 0.556. The number of nitrogen functional groups attached to an aromatic ring is 1. The number of ether oxygens (including phenoxy) is 1. The van der Waals surface area contributed by atoms with Gasteiger partial charge in [0.05, 0.1) is 20.5 Å². The summed E-state index contributed by atoms with van der Waals surface area (Å²) in [7, 11) is -11.2. The van der Waals surface area contributed by atoms with Crippen LogP contribution in [-0.2, 0) is 22.7 Å². The highest BCUT2D eigenvalue weighted by atomic mass is 31.3. The highest BCUT2D eigenvalue weighted by Crippen LogP contribution is 2.50. The number of phosphoric acid groups is 2. The summed E-state index contributed by atoms with van der Waals surface area (Å²) >= 11 is 0. The molecule has 4 atom stereocenters. The van der Waals surface area contributed by atoms with E-state index in [0.29, 0.717) is 0 Å². The van der Waals surface area contributed by atoms with Crippen molar-refractivity contribution in [3.8, 4) is 0 Å². The van der Waals surface area contributed by atoms with E-state index in [1.54, 1.807) is 0 Å². The first-order chi connectivity index (χ1) is 11.0. The van der Waals surface area contributed by atoms with Crippen LogP contribution in [0, 0.1) is 0 Å². The van der Waals surface area contributed by atoms with Crippen molar-refractivity contribution in [2.24, 2.45) is 0 Å². The lowest BCUT2D eigenvalue weighted by Gasteiger charge is -2.35. The Bertz CT molecular complexity index is 747. The van der Waals surface area contributed by atoms with E-state index in [9.17, 15) is 33.7 Å². The van der Waals surface area contributed by atoms with Crippen LogP contribution < -0.4 is 26.1 Å². The van der Waals surface area contributed by atoms with Crippen molar-refractivity contribution < 1.29 is 42.5 Å². The number of hydrogen-bond acceptors (Lipinski definition) is 12. The molecule has 24 heavy (non-hydrogen) atoms. The van der Waals surface area contributed by atoms with Gasteiger partial charge in [0.15, 0.2) is 0 Å². The van der Waals surface area contributed by atoms with Crippen molar-refractivity contribution in [2.75, 3.05) is 12.3 Å². The minimum atomic E-state index is -5.80. The van der Waals surface area contributed by atoms with Gasteiger partial charge in [0, 0.05) is 12.6 Å². The maximum Gasteiger partial charge on any atom is 0.351 e. The number of nitrogens with two attached hydrogens (primary N) is 1. The van der Waals surface area contributed by atoms with Crippen molar-refractivity contribution in [3.63, 3.8) is 0 Å². The molecule has 15 heteroatoms. The quantitative estimate of drug-likeness (QED) is 0.464. The third-order valence-corrected chi connectivity index (χ3v) is 5.03. The molecular formula is C9H12N3O10P2-3. The highest BCUT2D eigenvalue weighted by Gasteiger charge is 2.36. The summed E-state index contributed by atoms with van der Waals surface area (Å²) in [4.78, 5) is 46.8. The predicted molar refractivity (Wildman–Crippen MR) is 69.7 cm³/mol. The Morgan fingerprint density at radius 2 is 2.12 bits per heavy atom. The molecule has 0 amide bonds. The van der Waals surface area contributed by atoms with Gasteiger partial charge in [-0.05, 0) is 6.07 Å². The first-order valence-electron chi connectivity index (χ1n) is 6.34. The van der Waals surface area contributed by atoms with E-state index < -0.39 is 46.4 Å². The van der Waals surface area contributed by atoms with E-state index >= 15 is 0 Å². The number of anilines is 1. The molecule has 13 nitrogen and oxygen atoms in total. The van der Waals surface area contributed by atoms with Crippen LogP contribution in [0.4, 0.5) is 5.82 Å². The molecule has 1 unspecified atom stereocenters. The van der Waals surface area contributed by atoms with Crippen LogP contribution in [0.2, 0.25) is 0 Å². The van der Waals surface area contributed by atoms with Crippen molar-refractivity contribution in [3.05, 3.63) is 22.7 Å². The molecule has 1 aromatic heterocycles. The molecule has 2 heterocycles. The fourth-order valence-electron chi connectivity index (χ4n) is 1.99. The SMILES string of the molecule is Nc1ccn([C@H]2C[C@H](O)[C@@H](COP(=O)([O-])OP(=O)([O-])[O-])O2)c(=O)n1. The van der Waals surface area contributed by atoms with Crippen molar-refractivity contribution in [1.82, 2.24) is 9.55 Å². The summed E-state index contributed by atoms with van der Waals surface area (Å²) < 4.78 is 35.2. The Labute approximate surface area is 134 Å². The predicted octanol–water partition coefficient (Wildman–Crippen LogP) is -3.20. The van der Waals surface area contributed by atoms with Gasteiger partial charge in [-0.3, -0.25) is 13.4 Å². The number of aliphatic hydroxyl groups is 1. The molecule has 0 radical (unpaired) electrons. The van der Waals surface area contributed by atoms with E-state index in [2.05, 4.69) is 13.8 Å². The van der Waals surface area contributed by atoms with Gasteiger partial charge in [-0.2, -0.15) is 4.98 Å². The standard InChI is InChI=1S/C9H15N3O10P2/c10-7-1-2-12(9(14)11-7)8-3-5(13)6(21-8)4-20-24(18,19)22-23(15,16)17/h1-2,5-6,8,13H,3-4H2,(H,18,19)(H2,10,11,14)(H2,15,16,17)/p-3/t5-,6+,8+/m0/s1. The number of aromatic nitrogens is 2. The number of hydrogen-bond donors (Lipinski definition) is 2. The lowest BCUT2D eigenvalue weighted by molar-refractivity contribution is -0.339. The number of aliphatic hydroxyl groups excluding tert-OH is 1. The third kappa shape index (κ3) is 5.18. The maximum atomic E-state index is 11.7. The smallest absolute Gasteiger partial charge is 0.351 e. The zero-order valence-corrected chi connectivity index (χ0v) is 13.6. The van der Waals surface area contributed by atoms with Crippen LogP contribution in [0.5, 0.6) is 0 Å². The number of nitrogens with zero attached hydrogens (tertiary/aromatic N) is 2.